The second-order valence-corrected chi connectivity index (χ2v) is 2.54. The molecule has 1 aromatic carbocycles. The summed E-state index contributed by atoms with van der Waals surface area (Å²) in [6.07, 6.45) is 1.65. The zero-order chi connectivity index (χ0) is 8.97. The molecule has 1 rings (SSSR count). The van der Waals surface area contributed by atoms with Crippen LogP contribution < -0.4 is 11.5 Å². The lowest BCUT2D eigenvalue weighted by Gasteiger charge is -1.99. The maximum Gasteiger partial charge on any atom is 0.0408 e. The van der Waals surface area contributed by atoms with Gasteiger partial charge in [0.25, 0.3) is 0 Å². The van der Waals surface area contributed by atoms with E-state index < -0.39 is 0 Å². The first-order valence-electron chi connectivity index (χ1n) is 3.67. The molecule has 0 aromatic heterocycles. The number of hydrogen-bond donors (Lipinski definition) is 2. The standard InChI is InChI=1S/C10H12N2.2H2/c1-8(11)7-10(12)9-5-3-2-4-6-9;;/h2-7H,1,11-12H2;2*1H/b10-7-;;. The molecule has 0 atom stereocenters. The minimum atomic E-state index is 0. The number of benzene rings is 1. The maximum absolute atomic E-state index is 5.72. The van der Waals surface area contributed by atoms with Gasteiger partial charge < -0.3 is 11.5 Å². The van der Waals surface area contributed by atoms with E-state index in [1.165, 1.54) is 0 Å². The highest BCUT2D eigenvalue weighted by atomic mass is 14.6. The van der Waals surface area contributed by atoms with Gasteiger partial charge in [-0.2, -0.15) is 0 Å². The monoisotopic (exact) mass is 164 g/mol. The Labute approximate surface area is 75.2 Å². The largest absolute Gasteiger partial charge is 0.399 e. The summed E-state index contributed by atoms with van der Waals surface area (Å²) in [4.78, 5) is 0. The first kappa shape index (κ1) is 8.40. The lowest BCUT2D eigenvalue weighted by atomic mass is 10.1. The first-order chi connectivity index (χ1) is 5.70. The Morgan fingerprint density at radius 2 is 1.83 bits per heavy atom. The summed E-state index contributed by atoms with van der Waals surface area (Å²) in [5.74, 6) is 0. The molecule has 0 aliphatic rings. The average molecular weight is 164 g/mol. The Kier molecular flexibility index (Phi) is 2.53. The molecule has 0 amide bonds. The smallest absolute Gasteiger partial charge is 0.0408 e. The molecule has 0 saturated carbocycles. The highest BCUT2D eigenvalue weighted by molar-refractivity contribution is 5.64. The van der Waals surface area contributed by atoms with Gasteiger partial charge in [0.05, 0.1) is 0 Å². The van der Waals surface area contributed by atoms with Crippen LogP contribution >= 0.6 is 0 Å². The van der Waals surface area contributed by atoms with Crippen molar-refractivity contribution in [3.63, 3.8) is 0 Å². The van der Waals surface area contributed by atoms with Gasteiger partial charge in [0.1, 0.15) is 0 Å². The predicted molar refractivity (Wildman–Crippen MR) is 56.2 cm³/mol. The lowest BCUT2D eigenvalue weighted by Crippen LogP contribution is -1.99. The summed E-state index contributed by atoms with van der Waals surface area (Å²) in [5, 5.41) is 0. The van der Waals surface area contributed by atoms with Crippen LogP contribution in [0.5, 0.6) is 0 Å². The molecule has 0 aliphatic carbocycles. The van der Waals surface area contributed by atoms with Crippen molar-refractivity contribution in [2.45, 2.75) is 0 Å². The number of hydrogen-bond acceptors (Lipinski definition) is 2. The fourth-order valence-electron chi connectivity index (χ4n) is 0.914. The Balaban J connectivity index is 0. The zero-order valence-electron chi connectivity index (χ0n) is 6.83. The average Bonchev–Trinajstić information content (AvgIpc) is 2.05. The first-order valence-corrected chi connectivity index (χ1v) is 3.67. The molecular formula is C10H16N2. The third-order valence-electron chi connectivity index (χ3n) is 1.45. The van der Waals surface area contributed by atoms with E-state index in [4.69, 9.17) is 11.5 Å². The van der Waals surface area contributed by atoms with Gasteiger partial charge in [0.2, 0.25) is 0 Å². The molecule has 12 heavy (non-hydrogen) atoms. The van der Waals surface area contributed by atoms with Gasteiger partial charge in [0, 0.05) is 14.2 Å². The van der Waals surface area contributed by atoms with Crippen molar-refractivity contribution in [2.75, 3.05) is 0 Å². The molecule has 0 heterocycles. The fraction of sp³-hybridized carbons (Fsp3) is 0. The third-order valence-corrected chi connectivity index (χ3v) is 1.45. The molecule has 66 valence electrons. The zero-order valence-corrected chi connectivity index (χ0v) is 6.83. The van der Waals surface area contributed by atoms with E-state index in [1.54, 1.807) is 6.08 Å². The molecule has 2 nitrogen and oxygen atoms in total. The van der Waals surface area contributed by atoms with Gasteiger partial charge in [-0.1, -0.05) is 36.9 Å². The molecule has 0 fully saturated rings. The summed E-state index contributed by atoms with van der Waals surface area (Å²) in [6, 6.07) is 9.64. The molecule has 0 aliphatic heterocycles. The maximum atomic E-state index is 5.72. The van der Waals surface area contributed by atoms with Gasteiger partial charge in [-0.05, 0) is 11.6 Å². The summed E-state index contributed by atoms with van der Waals surface area (Å²) in [5.41, 5.74) is 13.2. The van der Waals surface area contributed by atoms with Gasteiger partial charge >= 0.3 is 0 Å². The SMILES string of the molecule is C=C(N)/C=C(\N)c1ccccc1.[HH].[HH]. The summed E-state index contributed by atoms with van der Waals surface area (Å²) in [7, 11) is 0. The Bertz CT molecular complexity index is 307. The Hall–Kier alpha value is -1.70. The summed E-state index contributed by atoms with van der Waals surface area (Å²) in [6.45, 7) is 3.54. The van der Waals surface area contributed by atoms with Crippen LogP contribution in [0.25, 0.3) is 5.70 Å². The third kappa shape index (κ3) is 2.16. The minimum absolute atomic E-state index is 0. The van der Waals surface area contributed by atoms with E-state index in [-0.39, 0.29) is 2.85 Å². The van der Waals surface area contributed by atoms with E-state index in [0.717, 1.165) is 5.56 Å². The van der Waals surface area contributed by atoms with Crippen molar-refractivity contribution in [1.82, 2.24) is 0 Å². The molecule has 1 aromatic rings. The molecule has 4 N–H and O–H groups in total. The van der Waals surface area contributed by atoms with Crippen molar-refractivity contribution < 1.29 is 2.85 Å². The van der Waals surface area contributed by atoms with Crippen molar-refractivity contribution in [2.24, 2.45) is 11.5 Å². The van der Waals surface area contributed by atoms with Crippen molar-refractivity contribution in [3.8, 4) is 0 Å². The topological polar surface area (TPSA) is 52.0 Å². The van der Waals surface area contributed by atoms with Gasteiger partial charge in [-0.25, -0.2) is 0 Å². The molecular weight excluding hydrogens is 148 g/mol. The van der Waals surface area contributed by atoms with Crippen LogP contribution in [0.1, 0.15) is 8.42 Å². The fourth-order valence-corrected chi connectivity index (χ4v) is 0.914. The number of rotatable bonds is 2. The van der Waals surface area contributed by atoms with Crippen molar-refractivity contribution in [1.29, 1.82) is 0 Å². The molecule has 0 saturated heterocycles. The Morgan fingerprint density at radius 1 is 1.25 bits per heavy atom. The van der Waals surface area contributed by atoms with Gasteiger partial charge in [-0.3, -0.25) is 0 Å². The van der Waals surface area contributed by atoms with E-state index in [0.29, 0.717) is 11.4 Å². The predicted octanol–water partition coefficient (Wildman–Crippen LogP) is 1.95. The minimum Gasteiger partial charge on any atom is -0.399 e. The van der Waals surface area contributed by atoms with Crippen LogP contribution in [-0.2, 0) is 0 Å². The van der Waals surface area contributed by atoms with Crippen molar-refractivity contribution >= 4 is 5.70 Å². The number of allylic oxidation sites excluding steroid dienone is 1. The van der Waals surface area contributed by atoms with Crippen LogP contribution in [0, 0.1) is 0 Å². The van der Waals surface area contributed by atoms with E-state index in [9.17, 15) is 0 Å². The highest BCUT2D eigenvalue weighted by Crippen LogP contribution is 2.07. The molecule has 2 heteroatoms. The molecule has 0 spiro atoms. The van der Waals surface area contributed by atoms with Crippen LogP contribution in [0.15, 0.2) is 48.7 Å². The molecule has 0 bridgehead atoms. The normalized spacial score (nSPS) is 11.2. The van der Waals surface area contributed by atoms with E-state index in [2.05, 4.69) is 6.58 Å². The van der Waals surface area contributed by atoms with Crippen molar-refractivity contribution in [3.05, 3.63) is 54.2 Å². The Morgan fingerprint density at radius 3 is 2.33 bits per heavy atom. The van der Waals surface area contributed by atoms with E-state index >= 15 is 0 Å². The van der Waals surface area contributed by atoms with Crippen LogP contribution in [-0.4, -0.2) is 0 Å². The second-order valence-electron chi connectivity index (χ2n) is 2.54. The van der Waals surface area contributed by atoms with E-state index in [1.807, 2.05) is 30.3 Å². The highest BCUT2D eigenvalue weighted by Gasteiger charge is 1.92. The summed E-state index contributed by atoms with van der Waals surface area (Å²) < 4.78 is 0. The number of nitrogens with two attached hydrogens (primary N) is 2. The van der Waals surface area contributed by atoms with Crippen LogP contribution in [0.4, 0.5) is 0 Å². The lowest BCUT2D eigenvalue weighted by molar-refractivity contribution is 1.42. The van der Waals surface area contributed by atoms with Gasteiger partial charge in [-0.15, -0.1) is 0 Å². The van der Waals surface area contributed by atoms with Crippen LogP contribution in [0.3, 0.4) is 0 Å². The molecule has 0 unspecified atom stereocenters. The van der Waals surface area contributed by atoms with Crippen LogP contribution in [0.2, 0.25) is 0 Å². The summed E-state index contributed by atoms with van der Waals surface area (Å²) >= 11 is 0. The van der Waals surface area contributed by atoms with Gasteiger partial charge in [0.15, 0.2) is 0 Å². The molecule has 0 radical (unpaired) electrons. The second kappa shape index (κ2) is 3.62. The quantitative estimate of drug-likeness (QED) is 0.656.